The first-order chi connectivity index (χ1) is 19.7. The fraction of sp³-hybridized carbons (Fsp3) is 0.214. The number of carbonyl (C=O) groups is 3. The van der Waals surface area contributed by atoms with Gasteiger partial charge in [0.1, 0.15) is 0 Å². The van der Waals surface area contributed by atoms with Crippen LogP contribution in [0.15, 0.2) is 59.7 Å². The van der Waals surface area contributed by atoms with Crippen LogP contribution in [0.4, 0.5) is 5.69 Å². The van der Waals surface area contributed by atoms with Crippen molar-refractivity contribution in [3.8, 4) is 23.0 Å². The number of para-hydroxylation sites is 1. The van der Waals surface area contributed by atoms with E-state index in [1.807, 2.05) is 28.7 Å². The Hall–Kier alpha value is -4.04. The van der Waals surface area contributed by atoms with Crippen molar-refractivity contribution in [3.05, 3.63) is 74.3 Å². The fourth-order valence-electron chi connectivity index (χ4n) is 3.49. The standard InChI is InChI=1S/C28H28ClIN4O7/c1-38-22-9-8-17(13-23(22)39-2)10-11-31-27(36)28(37)34-32-15-18-12-20(30)26(24(14-18)40-3)41-16-25(35)33-21-7-5-4-6-19(21)29/h4-9,12-15H,10-11,16H2,1-3H3,(H,31,36)(H,33,35)(H,34,37)/b32-15-. The molecule has 0 radical (unpaired) electrons. The number of halogens is 2. The van der Waals surface area contributed by atoms with Crippen molar-refractivity contribution in [2.45, 2.75) is 6.42 Å². The molecule has 0 unspecified atom stereocenters. The van der Waals surface area contributed by atoms with Crippen molar-refractivity contribution in [1.29, 1.82) is 0 Å². The average molecular weight is 695 g/mol. The average Bonchev–Trinajstić information content (AvgIpc) is 2.97. The number of anilines is 1. The number of hydrogen-bond donors (Lipinski definition) is 3. The molecular formula is C28H28ClIN4O7. The molecule has 0 atom stereocenters. The van der Waals surface area contributed by atoms with Gasteiger partial charge in [-0.1, -0.05) is 29.8 Å². The minimum absolute atomic E-state index is 0.235. The van der Waals surface area contributed by atoms with Crippen molar-refractivity contribution >= 4 is 63.8 Å². The van der Waals surface area contributed by atoms with Gasteiger partial charge in [-0.2, -0.15) is 5.10 Å². The zero-order valence-electron chi connectivity index (χ0n) is 22.5. The van der Waals surface area contributed by atoms with Crippen LogP contribution in [0.3, 0.4) is 0 Å². The molecule has 3 amide bonds. The first-order valence-electron chi connectivity index (χ1n) is 12.1. The van der Waals surface area contributed by atoms with Crippen LogP contribution < -0.4 is 35.0 Å². The third kappa shape index (κ3) is 9.25. The number of nitrogens with zero attached hydrogens (tertiary/aromatic N) is 1. The first kappa shape index (κ1) is 31.5. The van der Waals surface area contributed by atoms with Crippen LogP contribution in [0.1, 0.15) is 11.1 Å². The fourth-order valence-corrected chi connectivity index (χ4v) is 4.46. The summed E-state index contributed by atoms with van der Waals surface area (Å²) in [4.78, 5) is 36.6. The molecule has 0 aliphatic carbocycles. The van der Waals surface area contributed by atoms with Crippen LogP contribution in [-0.4, -0.2) is 58.4 Å². The van der Waals surface area contributed by atoms with Gasteiger partial charge in [0.15, 0.2) is 29.6 Å². The summed E-state index contributed by atoms with van der Waals surface area (Å²) in [5.41, 5.74) is 4.14. The summed E-state index contributed by atoms with van der Waals surface area (Å²) < 4.78 is 22.2. The van der Waals surface area contributed by atoms with Crippen molar-refractivity contribution in [2.24, 2.45) is 5.10 Å². The molecule has 3 N–H and O–H groups in total. The summed E-state index contributed by atoms with van der Waals surface area (Å²) in [5, 5.41) is 9.50. The molecule has 0 aromatic heterocycles. The summed E-state index contributed by atoms with van der Waals surface area (Å²) in [7, 11) is 4.54. The first-order valence-corrected chi connectivity index (χ1v) is 13.6. The maximum absolute atomic E-state index is 12.3. The summed E-state index contributed by atoms with van der Waals surface area (Å²) in [6.07, 6.45) is 1.84. The molecule has 0 heterocycles. The Morgan fingerprint density at radius 3 is 2.37 bits per heavy atom. The third-order valence-electron chi connectivity index (χ3n) is 5.48. The highest BCUT2D eigenvalue weighted by Gasteiger charge is 2.15. The Morgan fingerprint density at radius 1 is 0.927 bits per heavy atom. The lowest BCUT2D eigenvalue weighted by Crippen LogP contribution is -2.38. The van der Waals surface area contributed by atoms with E-state index in [1.165, 1.54) is 13.3 Å². The van der Waals surface area contributed by atoms with Crippen LogP contribution in [0.25, 0.3) is 0 Å². The molecule has 0 saturated carbocycles. The van der Waals surface area contributed by atoms with Crippen LogP contribution in [0, 0.1) is 3.57 Å². The topological polar surface area (TPSA) is 137 Å². The zero-order valence-corrected chi connectivity index (χ0v) is 25.4. The number of carbonyl (C=O) groups excluding carboxylic acids is 3. The van der Waals surface area contributed by atoms with Crippen molar-refractivity contribution in [3.63, 3.8) is 0 Å². The van der Waals surface area contributed by atoms with E-state index in [0.717, 1.165) is 5.56 Å². The van der Waals surface area contributed by atoms with Gasteiger partial charge in [-0.25, -0.2) is 5.43 Å². The highest BCUT2D eigenvalue weighted by atomic mass is 127. The quantitative estimate of drug-likeness (QED) is 0.114. The zero-order chi connectivity index (χ0) is 29.8. The predicted molar refractivity (Wildman–Crippen MR) is 163 cm³/mol. The second kappa shape index (κ2) is 15.7. The van der Waals surface area contributed by atoms with Gasteiger partial charge in [0, 0.05) is 6.54 Å². The summed E-state index contributed by atoms with van der Waals surface area (Å²) >= 11 is 8.10. The van der Waals surface area contributed by atoms with Crippen LogP contribution in [0.5, 0.6) is 23.0 Å². The van der Waals surface area contributed by atoms with Crippen molar-refractivity contribution in [1.82, 2.24) is 10.7 Å². The highest BCUT2D eigenvalue weighted by molar-refractivity contribution is 14.1. The molecule has 0 saturated heterocycles. The molecule has 0 aliphatic rings. The predicted octanol–water partition coefficient (Wildman–Crippen LogP) is 3.80. The summed E-state index contributed by atoms with van der Waals surface area (Å²) in [5.74, 6) is -0.252. The number of ether oxygens (including phenoxy) is 4. The molecule has 3 aromatic rings. The maximum atomic E-state index is 12.3. The maximum Gasteiger partial charge on any atom is 0.329 e. The normalized spacial score (nSPS) is 10.6. The molecule has 216 valence electrons. The third-order valence-corrected chi connectivity index (χ3v) is 6.61. The highest BCUT2D eigenvalue weighted by Crippen LogP contribution is 2.33. The van der Waals surface area contributed by atoms with Crippen LogP contribution in [-0.2, 0) is 20.8 Å². The van der Waals surface area contributed by atoms with E-state index in [1.54, 1.807) is 62.8 Å². The van der Waals surface area contributed by atoms with E-state index < -0.39 is 17.7 Å². The van der Waals surface area contributed by atoms with Gasteiger partial charge in [-0.15, -0.1) is 0 Å². The van der Waals surface area contributed by atoms with E-state index >= 15 is 0 Å². The molecule has 3 rings (SSSR count). The van der Waals surface area contributed by atoms with E-state index in [2.05, 4.69) is 21.2 Å². The number of rotatable bonds is 12. The Morgan fingerprint density at radius 2 is 1.66 bits per heavy atom. The van der Waals surface area contributed by atoms with E-state index in [0.29, 0.717) is 49.3 Å². The molecule has 0 bridgehead atoms. The van der Waals surface area contributed by atoms with Crippen molar-refractivity contribution < 1.29 is 33.3 Å². The Labute approximate surface area is 255 Å². The number of nitrogens with one attached hydrogen (secondary N) is 3. The lowest BCUT2D eigenvalue weighted by atomic mass is 10.1. The number of amides is 3. The number of benzene rings is 3. The molecule has 0 aliphatic heterocycles. The van der Waals surface area contributed by atoms with Gasteiger partial charge in [0.25, 0.3) is 5.91 Å². The molecular weight excluding hydrogens is 667 g/mol. The van der Waals surface area contributed by atoms with Crippen molar-refractivity contribution in [2.75, 3.05) is 39.8 Å². The molecule has 13 heteroatoms. The largest absolute Gasteiger partial charge is 0.493 e. The summed E-state index contributed by atoms with van der Waals surface area (Å²) in [6, 6.07) is 15.6. The van der Waals surface area contributed by atoms with Gasteiger partial charge < -0.3 is 29.6 Å². The Balaban J connectivity index is 1.50. The van der Waals surface area contributed by atoms with Gasteiger partial charge in [0.2, 0.25) is 0 Å². The van der Waals surface area contributed by atoms with Crippen LogP contribution in [0.2, 0.25) is 5.02 Å². The molecule has 0 spiro atoms. The van der Waals surface area contributed by atoms with E-state index in [4.69, 9.17) is 30.5 Å². The van der Waals surface area contributed by atoms with Gasteiger partial charge in [-0.3, -0.25) is 14.4 Å². The van der Waals surface area contributed by atoms with Gasteiger partial charge >= 0.3 is 11.8 Å². The molecule has 0 fully saturated rings. The van der Waals surface area contributed by atoms with Gasteiger partial charge in [0.05, 0.1) is 41.8 Å². The lowest BCUT2D eigenvalue weighted by Gasteiger charge is -2.14. The minimum Gasteiger partial charge on any atom is -0.493 e. The molecule has 11 nitrogen and oxygen atoms in total. The SMILES string of the molecule is COc1ccc(CCNC(=O)C(=O)N/N=C\c2cc(I)c(OCC(=O)Nc3ccccc3Cl)c(OC)c2)cc1OC. The molecule has 41 heavy (non-hydrogen) atoms. The Bertz CT molecular complexity index is 1430. The van der Waals surface area contributed by atoms with Crippen LogP contribution >= 0.6 is 34.2 Å². The number of hydrazone groups is 1. The minimum atomic E-state index is -0.917. The monoisotopic (exact) mass is 694 g/mol. The van der Waals surface area contributed by atoms with E-state index in [-0.39, 0.29) is 13.2 Å². The lowest BCUT2D eigenvalue weighted by molar-refractivity contribution is -0.139. The van der Waals surface area contributed by atoms with Gasteiger partial charge in [-0.05, 0) is 76.5 Å². The smallest absolute Gasteiger partial charge is 0.329 e. The summed E-state index contributed by atoms with van der Waals surface area (Å²) in [6.45, 7) is -0.0408. The van der Waals surface area contributed by atoms with E-state index in [9.17, 15) is 14.4 Å². The number of hydrogen-bond acceptors (Lipinski definition) is 8. The second-order valence-electron chi connectivity index (χ2n) is 8.25. The number of methoxy groups -OCH3 is 3. The molecule has 3 aromatic carbocycles. The second-order valence-corrected chi connectivity index (χ2v) is 9.81. The Kier molecular flexibility index (Phi) is 12.0.